The quantitative estimate of drug-likeness (QED) is 0.658. The Kier molecular flexibility index (Phi) is 5.57. The molecule has 27 heavy (non-hydrogen) atoms. The van der Waals surface area contributed by atoms with Crippen molar-refractivity contribution in [3.8, 4) is 11.1 Å². The fourth-order valence-corrected chi connectivity index (χ4v) is 3.66. The van der Waals surface area contributed by atoms with Crippen molar-refractivity contribution in [3.05, 3.63) is 47.2 Å². The van der Waals surface area contributed by atoms with E-state index in [-0.39, 0.29) is 0 Å². The summed E-state index contributed by atoms with van der Waals surface area (Å²) in [6, 6.07) is 9.83. The van der Waals surface area contributed by atoms with Crippen molar-refractivity contribution in [2.75, 3.05) is 44.7 Å². The van der Waals surface area contributed by atoms with Gasteiger partial charge in [-0.3, -0.25) is 4.90 Å². The second-order valence-corrected chi connectivity index (χ2v) is 7.20. The topological polar surface area (TPSA) is 54.7 Å². The Hall–Kier alpha value is -2.15. The van der Waals surface area contributed by atoms with Crippen molar-refractivity contribution in [1.29, 1.82) is 0 Å². The van der Waals surface area contributed by atoms with Crippen molar-refractivity contribution in [3.63, 3.8) is 0 Å². The Morgan fingerprint density at radius 2 is 2.00 bits per heavy atom. The molecule has 1 aliphatic rings. The molecule has 0 radical (unpaired) electrons. The number of nitrogens with zero attached hydrogens (tertiary/aromatic N) is 4. The molecule has 0 aliphatic carbocycles. The molecular formula is C20H24ClN5O. The lowest BCUT2D eigenvalue weighted by Crippen LogP contribution is -2.37. The standard InChI is InChI=1S/C20H24ClN5O/c1-15-13-19(22-7-4-8-25-9-11-27-12-10-25)26-20(24-15)17(14-23-26)16-5-2-3-6-18(16)21/h2-3,5-6,13-14,22H,4,7-12H2,1H3. The van der Waals surface area contributed by atoms with Crippen LogP contribution in [0.4, 0.5) is 5.82 Å². The van der Waals surface area contributed by atoms with E-state index in [9.17, 15) is 0 Å². The first-order chi connectivity index (χ1) is 13.2. The van der Waals surface area contributed by atoms with Gasteiger partial charge in [0.2, 0.25) is 0 Å². The normalized spacial score (nSPS) is 15.3. The lowest BCUT2D eigenvalue weighted by atomic mass is 10.1. The number of ether oxygens (including phenoxy) is 1. The molecule has 1 aliphatic heterocycles. The molecule has 0 atom stereocenters. The number of rotatable bonds is 6. The van der Waals surface area contributed by atoms with Gasteiger partial charge in [-0.05, 0) is 26.0 Å². The van der Waals surface area contributed by atoms with Gasteiger partial charge in [0.1, 0.15) is 5.82 Å². The van der Waals surface area contributed by atoms with Crippen LogP contribution in [0.2, 0.25) is 5.02 Å². The average Bonchev–Trinajstić information content (AvgIpc) is 3.10. The molecule has 3 aromatic rings. The van der Waals surface area contributed by atoms with Crippen LogP contribution in [0.1, 0.15) is 12.1 Å². The van der Waals surface area contributed by atoms with Crippen LogP contribution in [0.15, 0.2) is 36.5 Å². The molecule has 6 nitrogen and oxygen atoms in total. The number of halogens is 1. The molecule has 142 valence electrons. The number of anilines is 1. The first-order valence-corrected chi connectivity index (χ1v) is 9.74. The Morgan fingerprint density at radius 1 is 1.19 bits per heavy atom. The van der Waals surface area contributed by atoms with Crippen molar-refractivity contribution in [2.24, 2.45) is 0 Å². The van der Waals surface area contributed by atoms with Gasteiger partial charge in [-0.1, -0.05) is 29.8 Å². The second-order valence-electron chi connectivity index (χ2n) is 6.79. The van der Waals surface area contributed by atoms with Crippen molar-refractivity contribution in [1.82, 2.24) is 19.5 Å². The highest BCUT2D eigenvalue weighted by Gasteiger charge is 2.14. The molecule has 0 spiro atoms. The van der Waals surface area contributed by atoms with E-state index in [1.807, 2.05) is 48.0 Å². The van der Waals surface area contributed by atoms with E-state index in [0.29, 0.717) is 5.02 Å². The van der Waals surface area contributed by atoms with Gasteiger partial charge in [0, 0.05) is 47.5 Å². The second kappa shape index (κ2) is 8.25. The molecular weight excluding hydrogens is 362 g/mol. The first-order valence-electron chi connectivity index (χ1n) is 9.36. The van der Waals surface area contributed by atoms with Crippen molar-refractivity contribution in [2.45, 2.75) is 13.3 Å². The third kappa shape index (κ3) is 4.08. The maximum Gasteiger partial charge on any atom is 0.165 e. The van der Waals surface area contributed by atoms with Crippen LogP contribution in [0.25, 0.3) is 16.8 Å². The molecule has 1 saturated heterocycles. The van der Waals surface area contributed by atoms with Gasteiger partial charge in [-0.15, -0.1) is 0 Å². The molecule has 0 amide bonds. The third-order valence-electron chi connectivity index (χ3n) is 4.82. The van der Waals surface area contributed by atoms with Gasteiger partial charge in [0.15, 0.2) is 5.65 Å². The SMILES string of the molecule is Cc1cc(NCCCN2CCOCC2)n2ncc(-c3ccccc3Cl)c2n1. The smallest absolute Gasteiger partial charge is 0.165 e. The van der Waals surface area contributed by atoms with Crippen LogP contribution in [-0.2, 0) is 4.74 Å². The van der Waals surface area contributed by atoms with E-state index in [0.717, 1.165) is 74.1 Å². The molecule has 3 heterocycles. The number of nitrogens with one attached hydrogen (secondary N) is 1. The summed E-state index contributed by atoms with van der Waals surface area (Å²) >= 11 is 6.38. The van der Waals surface area contributed by atoms with Gasteiger partial charge >= 0.3 is 0 Å². The maximum absolute atomic E-state index is 6.38. The number of hydrogen-bond acceptors (Lipinski definition) is 5. The van der Waals surface area contributed by atoms with E-state index in [4.69, 9.17) is 21.3 Å². The fraction of sp³-hybridized carbons (Fsp3) is 0.400. The number of hydrogen-bond donors (Lipinski definition) is 1. The van der Waals surface area contributed by atoms with E-state index in [1.165, 1.54) is 0 Å². The maximum atomic E-state index is 6.38. The summed E-state index contributed by atoms with van der Waals surface area (Å²) in [6.07, 6.45) is 2.91. The van der Waals surface area contributed by atoms with Crippen LogP contribution in [0.5, 0.6) is 0 Å². The minimum absolute atomic E-state index is 0.704. The lowest BCUT2D eigenvalue weighted by molar-refractivity contribution is 0.0378. The molecule has 1 N–H and O–H groups in total. The number of benzene rings is 1. The zero-order valence-electron chi connectivity index (χ0n) is 15.5. The predicted octanol–water partition coefficient (Wildman–Crippen LogP) is 3.49. The van der Waals surface area contributed by atoms with Gasteiger partial charge in [-0.2, -0.15) is 9.61 Å². The Bertz CT molecular complexity index is 920. The summed E-state index contributed by atoms with van der Waals surface area (Å²) in [5, 5.41) is 8.77. The molecule has 1 aromatic carbocycles. The van der Waals surface area contributed by atoms with Crippen molar-refractivity contribution >= 4 is 23.1 Å². The summed E-state index contributed by atoms with van der Waals surface area (Å²) < 4.78 is 7.26. The van der Waals surface area contributed by atoms with Gasteiger partial charge in [0.05, 0.1) is 19.4 Å². The first kappa shape index (κ1) is 18.2. The molecule has 0 saturated carbocycles. The predicted molar refractivity (Wildman–Crippen MR) is 109 cm³/mol. The molecule has 0 bridgehead atoms. The van der Waals surface area contributed by atoms with Crippen molar-refractivity contribution < 1.29 is 4.74 Å². The minimum atomic E-state index is 0.704. The third-order valence-corrected chi connectivity index (χ3v) is 5.15. The molecule has 4 rings (SSSR count). The van der Waals surface area contributed by atoms with E-state index in [2.05, 4.69) is 15.3 Å². The van der Waals surface area contributed by atoms with Crippen LogP contribution >= 0.6 is 11.6 Å². The number of fused-ring (bicyclic) bond motifs is 1. The summed E-state index contributed by atoms with van der Waals surface area (Å²) in [5.74, 6) is 0.956. The zero-order chi connectivity index (χ0) is 18.6. The van der Waals surface area contributed by atoms with Gasteiger partial charge in [-0.25, -0.2) is 4.98 Å². The number of aromatic nitrogens is 3. The average molecular weight is 386 g/mol. The summed E-state index contributed by atoms with van der Waals surface area (Å²) in [6.45, 7) is 7.70. The van der Waals surface area contributed by atoms with Crippen LogP contribution in [0.3, 0.4) is 0 Å². The van der Waals surface area contributed by atoms with Crippen LogP contribution < -0.4 is 5.32 Å². The van der Waals surface area contributed by atoms with Gasteiger partial charge < -0.3 is 10.1 Å². The van der Waals surface area contributed by atoms with Crippen LogP contribution in [-0.4, -0.2) is 58.9 Å². The summed E-state index contributed by atoms with van der Waals surface area (Å²) in [4.78, 5) is 7.14. The molecule has 0 unspecified atom stereocenters. The fourth-order valence-electron chi connectivity index (χ4n) is 3.42. The molecule has 7 heteroatoms. The molecule has 1 fully saturated rings. The van der Waals surface area contributed by atoms with Gasteiger partial charge in [0.25, 0.3) is 0 Å². The largest absolute Gasteiger partial charge is 0.379 e. The Labute approximate surface area is 164 Å². The lowest BCUT2D eigenvalue weighted by Gasteiger charge is -2.26. The van der Waals surface area contributed by atoms with Crippen LogP contribution in [0, 0.1) is 6.92 Å². The number of aryl methyl sites for hydroxylation is 1. The van der Waals surface area contributed by atoms with E-state index >= 15 is 0 Å². The minimum Gasteiger partial charge on any atom is -0.379 e. The highest BCUT2D eigenvalue weighted by molar-refractivity contribution is 6.33. The Balaban J connectivity index is 1.51. The molecule has 2 aromatic heterocycles. The van der Waals surface area contributed by atoms with E-state index < -0.39 is 0 Å². The highest BCUT2D eigenvalue weighted by Crippen LogP contribution is 2.31. The highest BCUT2D eigenvalue weighted by atomic mass is 35.5. The van der Waals surface area contributed by atoms with E-state index in [1.54, 1.807) is 0 Å². The summed E-state index contributed by atoms with van der Waals surface area (Å²) in [7, 11) is 0. The number of morpholine rings is 1. The summed E-state index contributed by atoms with van der Waals surface area (Å²) in [5.41, 5.74) is 3.66. The monoisotopic (exact) mass is 385 g/mol. The zero-order valence-corrected chi connectivity index (χ0v) is 16.2. The Morgan fingerprint density at radius 3 is 2.81 bits per heavy atom.